The molecule has 0 spiro atoms. The number of esters is 2. The smallest absolute Gasteiger partial charge is 0.351 e. The van der Waals surface area contributed by atoms with E-state index in [2.05, 4.69) is 25.7 Å². The molecule has 0 saturated carbocycles. The first-order valence-corrected chi connectivity index (χ1v) is 12.1. The molecule has 13 heteroatoms. The lowest BCUT2D eigenvalue weighted by Gasteiger charge is -2.16. The van der Waals surface area contributed by atoms with Gasteiger partial charge in [-0.05, 0) is 25.1 Å². The van der Waals surface area contributed by atoms with Gasteiger partial charge in [0.25, 0.3) is 17.4 Å². The average molecular weight is 547 g/mol. The van der Waals surface area contributed by atoms with Crippen LogP contribution < -0.4 is 16.2 Å². The van der Waals surface area contributed by atoms with Crippen molar-refractivity contribution in [3.05, 3.63) is 94.0 Å². The summed E-state index contributed by atoms with van der Waals surface area (Å²) in [5.41, 5.74) is 0.644. The number of para-hydroxylation sites is 1. The third-order valence-corrected chi connectivity index (χ3v) is 6.04. The summed E-state index contributed by atoms with van der Waals surface area (Å²) >= 11 is 0. The van der Waals surface area contributed by atoms with E-state index in [0.717, 1.165) is 4.68 Å². The molecule has 2 N–H and O–H groups in total. The van der Waals surface area contributed by atoms with Gasteiger partial charge in [0.15, 0.2) is 0 Å². The zero-order valence-electron chi connectivity index (χ0n) is 21.9. The first-order chi connectivity index (χ1) is 19.2. The number of methoxy groups -OCH3 is 2. The number of hydrogen-bond acceptors (Lipinski definition) is 9. The van der Waals surface area contributed by atoms with Gasteiger partial charge in [-0.15, -0.1) is 5.10 Å². The number of ether oxygens (including phenoxy) is 2. The largest absolute Gasteiger partial charge is 0.467 e. The molecule has 206 valence electrons. The van der Waals surface area contributed by atoms with E-state index >= 15 is 0 Å². The first-order valence-electron chi connectivity index (χ1n) is 12.1. The summed E-state index contributed by atoms with van der Waals surface area (Å²) < 4.78 is 12.0. The van der Waals surface area contributed by atoms with Gasteiger partial charge < -0.3 is 24.7 Å². The van der Waals surface area contributed by atoms with Crippen LogP contribution in [0, 0.1) is 0 Å². The Labute approximate surface area is 227 Å². The Kier molecular flexibility index (Phi) is 8.33. The zero-order valence-corrected chi connectivity index (χ0v) is 21.9. The number of benzene rings is 2. The van der Waals surface area contributed by atoms with Crippen LogP contribution >= 0.6 is 0 Å². The van der Waals surface area contributed by atoms with Crippen LogP contribution in [0.5, 0.6) is 0 Å². The van der Waals surface area contributed by atoms with Crippen molar-refractivity contribution >= 4 is 34.7 Å². The normalized spacial score (nSPS) is 12.3. The van der Waals surface area contributed by atoms with Crippen molar-refractivity contribution in [2.75, 3.05) is 14.2 Å². The highest BCUT2D eigenvalue weighted by Crippen LogP contribution is 2.18. The number of rotatable bonds is 9. The number of carbonyl (C=O) groups is 4. The number of aromatic nitrogens is 4. The first kappa shape index (κ1) is 27.7. The van der Waals surface area contributed by atoms with Gasteiger partial charge in [-0.2, -0.15) is 0 Å². The van der Waals surface area contributed by atoms with Gasteiger partial charge in [0.2, 0.25) is 6.17 Å². The predicted molar refractivity (Wildman–Crippen MR) is 141 cm³/mol. The van der Waals surface area contributed by atoms with Crippen LogP contribution in [0.25, 0.3) is 10.9 Å². The third kappa shape index (κ3) is 5.88. The van der Waals surface area contributed by atoms with E-state index < -0.39 is 41.5 Å². The second-order valence-corrected chi connectivity index (χ2v) is 8.67. The Morgan fingerprint density at radius 3 is 2.27 bits per heavy atom. The molecule has 0 radical (unpaired) electrons. The number of nitrogens with zero attached hydrogens (tertiary/aromatic N) is 4. The van der Waals surface area contributed by atoms with E-state index in [1.807, 2.05) is 0 Å². The van der Waals surface area contributed by atoms with Crippen LogP contribution in [-0.2, 0) is 25.6 Å². The monoisotopic (exact) mass is 546 g/mol. The van der Waals surface area contributed by atoms with Gasteiger partial charge in [0, 0.05) is 17.0 Å². The summed E-state index contributed by atoms with van der Waals surface area (Å²) in [4.78, 5) is 62.9. The molecule has 2 aromatic heterocycles. The lowest BCUT2D eigenvalue weighted by atomic mass is 10.1. The molecule has 4 aromatic rings. The van der Waals surface area contributed by atoms with E-state index in [1.165, 1.54) is 38.0 Å². The Hall–Kier alpha value is -5.33. The fourth-order valence-electron chi connectivity index (χ4n) is 4.01. The number of fused-ring (bicyclic) bond motifs is 1. The Morgan fingerprint density at radius 2 is 1.57 bits per heavy atom. The molecule has 0 aliphatic carbocycles. The van der Waals surface area contributed by atoms with Crippen molar-refractivity contribution in [1.82, 2.24) is 30.2 Å². The predicted octanol–water partition coefficient (Wildman–Crippen LogP) is 1.03. The molecule has 0 bridgehead atoms. The lowest BCUT2D eigenvalue weighted by Crippen LogP contribution is -2.39. The summed E-state index contributed by atoms with van der Waals surface area (Å²) in [6, 6.07) is 15.3. The Bertz CT molecular complexity index is 1630. The highest BCUT2D eigenvalue weighted by molar-refractivity contribution is 6.07. The van der Waals surface area contributed by atoms with Gasteiger partial charge in [0.05, 0.1) is 38.0 Å². The SMILES string of the molecule is COC(=O)[C@H](C)NC(=O)c1cc(=O)n(Cc2cn([C@@H](NC(=O)c3ccccc3)C(=O)OC)nn2)c2ccccc12. The van der Waals surface area contributed by atoms with E-state index in [1.54, 1.807) is 54.6 Å². The van der Waals surface area contributed by atoms with Crippen molar-refractivity contribution in [1.29, 1.82) is 0 Å². The van der Waals surface area contributed by atoms with Crippen LogP contribution in [0.15, 0.2) is 71.7 Å². The van der Waals surface area contributed by atoms with Crippen molar-refractivity contribution in [3.8, 4) is 0 Å². The quantitative estimate of drug-likeness (QED) is 0.292. The van der Waals surface area contributed by atoms with Crippen molar-refractivity contribution < 1.29 is 28.7 Å². The van der Waals surface area contributed by atoms with Gasteiger partial charge >= 0.3 is 11.9 Å². The minimum atomic E-state index is -1.31. The van der Waals surface area contributed by atoms with E-state index in [-0.39, 0.29) is 12.1 Å². The molecular formula is C27H26N6O7. The summed E-state index contributed by atoms with van der Waals surface area (Å²) in [5.74, 6) is -2.54. The van der Waals surface area contributed by atoms with Crippen molar-refractivity contribution in [2.24, 2.45) is 0 Å². The molecule has 0 aliphatic heterocycles. The summed E-state index contributed by atoms with van der Waals surface area (Å²) in [5, 5.41) is 13.6. The molecule has 4 rings (SSSR count). The third-order valence-electron chi connectivity index (χ3n) is 6.04. The van der Waals surface area contributed by atoms with Crippen LogP contribution in [0.3, 0.4) is 0 Å². The van der Waals surface area contributed by atoms with Gasteiger partial charge in [-0.1, -0.05) is 41.6 Å². The fourth-order valence-corrected chi connectivity index (χ4v) is 4.01. The summed E-state index contributed by atoms with van der Waals surface area (Å²) in [7, 11) is 2.39. The summed E-state index contributed by atoms with van der Waals surface area (Å²) in [6.45, 7) is 1.42. The van der Waals surface area contributed by atoms with Crippen LogP contribution in [-0.4, -0.2) is 63.6 Å². The number of hydrogen-bond donors (Lipinski definition) is 2. The van der Waals surface area contributed by atoms with Gasteiger partial charge in [0.1, 0.15) is 11.7 Å². The molecule has 2 amide bonds. The second-order valence-electron chi connectivity index (χ2n) is 8.67. The Morgan fingerprint density at radius 1 is 0.900 bits per heavy atom. The molecule has 2 heterocycles. The molecule has 0 unspecified atom stereocenters. The number of carbonyl (C=O) groups excluding carboxylic acids is 4. The van der Waals surface area contributed by atoms with E-state index in [0.29, 0.717) is 22.2 Å². The molecule has 0 fully saturated rings. The lowest BCUT2D eigenvalue weighted by molar-refractivity contribution is -0.146. The molecule has 40 heavy (non-hydrogen) atoms. The molecule has 2 atom stereocenters. The molecular weight excluding hydrogens is 520 g/mol. The number of nitrogens with one attached hydrogen (secondary N) is 2. The van der Waals surface area contributed by atoms with Crippen LogP contribution in [0.1, 0.15) is 39.5 Å². The Balaban J connectivity index is 1.63. The van der Waals surface area contributed by atoms with E-state index in [9.17, 15) is 24.0 Å². The highest BCUT2D eigenvalue weighted by atomic mass is 16.5. The summed E-state index contributed by atoms with van der Waals surface area (Å²) in [6.07, 6.45) is 0.0995. The average Bonchev–Trinajstić information content (AvgIpc) is 3.44. The van der Waals surface area contributed by atoms with Gasteiger partial charge in [-0.25, -0.2) is 14.3 Å². The van der Waals surface area contributed by atoms with Crippen molar-refractivity contribution in [2.45, 2.75) is 25.7 Å². The van der Waals surface area contributed by atoms with Crippen LogP contribution in [0.2, 0.25) is 0 Å². The topological polar surface area (TPSA) is 164 Å². The second kappa shape index (κ2) is 12.0. The molecule has 0 saturated heterocycles. The minimum absolute atomic E-state index is 0.0552. The van der Waals surface area contributed by atoms with Gasteiger partial charge in [-0.3, -0.25) is 14.4 Å². The molecule has 2 aromatic carbocycles. The molecule has 13 nitrogen and oxygen atoms in total. The van der Waals surface area contributed by atoms with Crippen LogP contribution in [0.4, 0.5) is 0 Å². The maximum absolute atomic E-state index is 13.1. The van der Waals surface area contributed by atoms with E-state index in [4.69, 9.17) is 4.74 Å². The highest BCUT2D eigenvalue weighted by Gasteiger charge is 2.26. The maximum atomic E-state index is 13.1. The van der Waals surface area contributed by atoms with Crippen molar-refractivity contribution in [3.63, 3.8) is 0 Å². The zero-order chi connectivity index (χ0) is 28.8. The standard InChI is InChI=1S/C27H26N6O7/c1-16(26(37)39-2)28-25(36)20-13-22(34)32(21-12-8-7-11-19(20)21)14-18-15-33(31-30-18)23(27(38)40-3)29-24(35)17-9-5-4-6-10-17/h4-13,15-16,23H,14H2,1-3H3,(H,28,36)(H,29,35)/t16-,23+/m0/s1. The minimum Gasteiger partial charge on any atom is -0.467 e. The number of pyridine rings is 1. The number of amides is 2. The fraction of sp³-hybridized carbons (Fsp3) is 0.222. The maximum Gasteiger partial charge on any atom is 0.351 e. The molecule has 0 aliphatic rings.